The summed E-state index contributed by atoms with van der Waals surface area (Å²) in [5, 5.41) is 0. The van der Waals surface area contributed by atoms with Crippen molar-refractivity contribution in [2.75, 3.05) is 99.3 Å². The number of hydrogen-bond acceptors (Lipinski definition) is 15. The Hall–Kier alpha value is 4.35. The quantitative estimate of drug-likeness (QED) is 0.198. The summed E-state index contributed by atoms with van der Waals surface area (Å²) in [5.41, 5.74) is -3.23. The van der Waals surface area contributed by atoms with Crippen molar-refractivity contribution in [3.8, 4) is 0 Å². The smallest absolute Gasteiger partial charge is 0.254 e. The van der Waals surface area contributed by atoms with Crippen LogP contribution in [0.5, 0.6) is 0 Å². The summed E-state index contributed by atoms with van der Waals surface area (Å²) < 4.78 is 39.7. The Bertz CT molecular complexity index is 565. The van der Waals surface area contributed by atoms with Crippen LogP contribution < -0.4 is 0 Å². The molecule has 0 bridgehead atoms. The molecule has 0 aliphatic carbocycles. The molecule has 0 fully saturated rings. The predicted molar refractivity (Wildman–Crippen MR) is 197 cm³/mol. The summed E-state index contributed by atoms with van der Waals surface area (Å²) in [6.45, 7) is 5.21. The molecule has 0 aromatic carbocycles. The maximum atomic E-state index is 10.9. The lowest BCUT2D eigenvalue weighted by Gasteiger charge is -2.09. The third-order valence-corrected chi connectivity index (χ3v) is 33.5. The molecular weight excluding hydrogens is 720 g/mol. The van der Waals surface area contributed by atoms with Gasteiger partial charge in [0.1, 0.15) is 5.47 Å². The molecule has 0 saturated heterocycles. The molecule has 0 aromatic rings. The van der Waals surface area contributed by atoms with Crippen molar-refractivity contribution in [2.24, 2.45) is 0 Å². The van der Waals surface area contributed by atoms with Gasteiger partial charge in [-0.2, -0.15) is 0 Å². The Morgan fingerprint density at radius 2 is 0.857 bits per heavy atom. The second-order valence-corrected chi connectivity index (χ2v) is 46.0. The van der Waals surface area contributed by atoms with Crippen LogP contribution in [0.15, 0.2) is 0 Å². The van der Waals surface area contributed by atoms with Gasteiger partial charge in [-0.3, -0.25) is 4.57 Å². The van der Waals surface area contributed by atoms with Crippen LogP contribution in [-0.2, 0) is 62.6 Å². The third kappa shape index (κ3) is 42.9. The van der Waals surface area contributed by atoms with E-state index in [1.165, 1.54) is 41.3 Å². The zero-order valence-electron chi connectivity index (χ0n) is 23.4. The number of hydrogen-bond donors (Lipinski definition) is 0. The summed E-state index contributed by atoms with van der Waals surface area (Å²) in [5.74, 6) is 0. The minimum absolute atomic E-state index is 0.988. The highest BCUT2D eigenvalue weighted by atomic mass is 33.2. The van der Waals surface area contributed by atoms with Crippen LogP contribution in [0.2, 0.25) is 0 Å². The zero-order valence-corrected chi connectivity index (χ0v) is 35.2. The maximum Gasteiger partial charge on any atom is 0.254 e. The molecule has 0 heterocycles. The predicted octanol–water partition coefficient (Wildman–Crippen LogP) is 10.2. The van der Waals surface area contributed by atoms with Crippen LogP contribution in [0.25, 0.3) is 0 Å². The van der Waals surface area contributed by atoms with Crippen LogP contribution >= 0.6 is 96.8 Å². The van der Waals surface area contributed by atoms with E-state index in [0.29, 0.717) is 0 Å². The molecule has 0 amide bonds. The molecule has 6 nitrogen and oxygen atoms in total. The Balaban J connectivity index is -0.000000107. The Morgan fingerprint density at radius 1 is 0.514 bits per heavy atom. The Labute approximate surface area is 256 Å². The molecule has 0 aliphatic rings. The maximum absolute atomic E-state index is 10.9. The van der Waals surface area contributed by atoms with Crippen molar-refractivity contribution >= 4 is 132 Å². The summed E-state index contributed by atoms with van der Waals surface area (Å²) in [4.78, 5) is 0. The summed E-state index contributed by atoms with van der Waals surface area (Å²) in [6, 6.07) is 0. The fourth-order valence-corrected chi connectivity index (χ4v) is 5.59. The molecule has 2 unspecified atom stereocenters. The molecule has 20 heteroatoms. The van der Waals surface area contributed by atoms with Gasteiger partial charge in [-0.1, -0.05) is 57.8 Å². The first kappa shape index (κ1) is 49.0. The van der Waals surface area contributed by atoms with Crippen LogP contribution in [0, 0.1) is 0 Å². The van der Waals surface area contributed by atoms with Crippen LogP contribution in [0.3, 0.4) is 0 Å². The first-order valence-electron chi connectivity index (χ1n) is 9.06. The fraction of sp³-hybridized carbons (Fsp3) is 1.00. The van der Waals surface area contributed by atoms with Gasteiger partial charge >= 0.3 is 0 Å². The average molecular weight is 765 g/mol. The minimum Gasteiger partial charge on any atom is -0.345 e. The van der Waals surface area contributed by atoms with Gasteiger partial charge in [0.05, 0.1) is 4.44 Å². The summed E-state index contributed by atoms with van der Waals surface area (Å²) >= 11 is 24.4. The largest absolute Gasteiger partial charge is 0.345 e. The SMILES string of the molecule is COP(C)(=O)SC.COP(C)(=S)OC.COP(C)(=S)SC.CSP(C)(=O)SC.CSP(C)(=S)SC. The molecular formula is C15H45O6P5S9. The lowest BCUT2D eigenvalue weighted by Crippen LogP contribution is -1.81. The van der Waals surface area contributed by atoms with Gasteiger partial charge < -0.3 is 22.7 Å². The van der Waals surface area contributed by atoms with Gasteiger partial charge in [0.2, 0.25) is 0 Å². The minimum atomic E-state index is -2.24. The van der Waals surface area contributed by atoms with E-state index < -0.39 is 28.5 Å². The molecule has 0 aromatic heterocycles. The molecule has 0 N–H and O–H groups in total. The molecule has 2 atom stereocenters. The van der Waals surface area contributed by atoms with E-state index in [1.54, 1.807) is 59.0 Å². The monoisotopic (exact) mass is 764 g/mol. The van der Waals surface area contributed by atoms with Crippen LogP contribution in [0.1, 0.15) is 0 Å². The van der Waals surface area contributed by atoms with Crippen molar-refractivity contribution in [2.45, 2.75) is 0 Å². The zero-order chi connectivity index (χ0) is 29.6. The van der Waals surface area contributed by atoms with Gasteiger partial charge in [-0.05, 0) is 62.7 Å². The van der Waals surface area contributed by atoms with E-state index in [0.717, 1.165) is 0 Å². The molecule has 220 valence electrons. The molecule has 0 saturated carbocycles. The molecule has 0 rings (SSSR count). The van der Waals surface area contributed by atoms with Crippen LogP contribution in [0.4, 0.5) is 0 Å². The van der Waals surface area contributed by atoms with Crippen molar-refractivity contribution in [3.63, 3.8) is 0 Å². The van der Waals surface area contributed by atoms with Crippen molar-refractivity contribution < 1.29 is 27.2 Å². The normalized spacial score (nSPS) is 14.6. The second-order valence-electron chi connectivity index (χ2n) is 5.68. The first-order valence-corrected chi connectivity index (χ1v) is 33.8. The van der Waals surface area contributed by atoms with E-state index in [2.05, 4.69) is 23.7 Å². The molecule has 0 aliphatic heterocycles. The van der Waals surface area contributed by atoms with Gasteiger partial charge in [0.15, 0.2) is 12.0 Å². The van der Waals surface area contributed by atoms with E-state index >= 15 is 0 Å². The molecule has 0 radical (unpaired) electrons. The topological polar surface area (TPSA) is 71.1 Å². The van der Waals surface area contributed by atoms with Crippen molar-refractivity contribution in [1.29, 1.82) is 0 Å². The van der Waals surface area contributed by atoms with Crippen LogP contribution in [-0.4, -0.2) is 99.3 Å². The van der Waals surface area contributed by atoms with Crippen molar-refractivity contribution in [3.05, 3.63) is 0 Å². The van der Waals surface area contributed by atoms with E-state index in [9.17, 15) is 9.13 Å². The fourth-order valence-electron chi connectivity index (χ4n) is 0.373. The third-order valence-electron chi connectivity index (χ3n) is 3.32. The van der Waals surface area contributed by atoms with Gasteiger partial charge in [-0.25, -0.2) is 0 Å². The second kappa shape index (κ2) is 27.2. The average Bonchev–Trinajstić information content (AvgIpc) is 2.85. The highest BCUT2D eigenvalue weighted by Gasteiger charge is 2.09. The Morgan fingerprint density at radius 3 is 0.857 bits per heavy atom. The highest BCUT2D eigenvalue weighted by Crippen LogP contribution is 2.64. The highest BCUT2D eigenvalue weighted by molar-refractivity contribution is 9.00. The van der Waals surface area contributed by atoms with E-state index in [1.807, 2.05) is 48.2 Å². The Kier molecular flexibility index (Phi) is 38.1. The summed E-state index contributed by atoms with van der Waals surface area (Å²) in [7, 11) is 6.24. The summed E-state index contributed by atoms with van der Waals surface area (Å²) in [6.07, 6.45) is 11.7. The standard InChI is InChI=1S/2C3H9O2PS.2C3H9OPS2.C3H9PS3/c1-5-6(2,4)7-3;1-4-6(3,7)5-2;1-5(4,6-2)7-3;1-4-5(2,6)7-3;1-4(5,6-2)7-3/h5*1-3H3. The van der Waals surface area contributed by atoms with Gasteiger partial charge in [-0.15, -0.1) is 34.1 Å². The molecule has 0 spiro atoms. The van der Waals surface area contributed by atoms with Gasteiger partial charge in [0.25, 0.3) is 6.57 Å². The van der Waals surface area contributed by atoms with E-state index in [-0.39, 0.29) is 0 Å². The number of rotatable bonds is 10. The van der Waals surface area contributed by atoms with E-state index in [4.69, 9.17) is 49.0 Å². The van der Waals surface area contributed by atoms with Gasteiger partial charge in [0, 0.05) is 48.4 Å². The lowest BCUT2D eigenvalue weighted by molar-refractivity contribution is 0.343. The first-order chi connectivity index (χ1) is 15.6. The van der Waals surface area contributed by atoms with Crippen molar-refractivity contribution in [1.82, 2.24) is 0 Å². The lowest BCUT2D eigenvalue weighted by atomic mass is 11.8. The molecule has 35 heavy (non-hydrogen) atoms.